The molecule has 3 rings (SSSR count). The van der Waals surface area contributed by atoms with Crippen molar-refractivity contribution in [2.75, 3.05) is 5.75 Å². The maximum absolute atomic E-state index is 13.5. The number of carbonyl (C=O) groups excluding carboxylic acids is 1. The van der Waals surface area contributed by atoms with Crippen LogP contribution < -0.4 is 0 Å². The van der Waals surface area contributed by atoms with Crippen LogP contribution in [0.3, 0.4) is 0 Å². The first-order valence-electron chi connectivity index (χ1n) is 12.0. The highest BCUT2D eigenvalue weighted by molar-refractivity contribution is 7.99. The van der Waals surface area contributed by atoms with E-state index in [9.17, 15) is 13.2 Å². The summed E-state index contributed by atoms with van der Waals surface area (Å²) in [5.41, 5.74) is 0.750. The number of ether oxygens (including phenoxy) is 1. The maximum Gasteiger partial charge on any atom is 0.424 e. The Morgan fingerprint density at radius 1 is 0.971 bits per heavy atom. The van der Waals surface area contributed by atoms with E-state index in [1.54, 1.807) is 53.7 Å². The lowest BCUT2D eigenvalue weighted by Gasteiger charge is -2.35. The topological polar surface area (TPSA) is 63.7 Å². The predicted molar refractivity (Wildman–Crippen MR) is 143 cm³/mol. The Balaban J connectivity index is 1.79. The largest absolute Gasteiger partial charge is 0.443 e. The molecule has 0 radical (unpaired) electrons. The third kappa shape index (κ3) is 6.23. The molecule has 7 heteroatoms. The van der Waals surface area contributed by atoms with E-state index in [-0.39, 0.29) is 10.3 Å². The van der Waals surface area contributed by atoms with Crippen molar-refractivity contribution in [2.24, 2.45) is 11.3 Å². The molecule has 0 unspecified atom stereocenters. The van der Waals surface area contributed by atoms with Gasteiger partial charge >= 0.3 is 6.09 Å². The van der Waals surface area contributed by atoms with Gasteiger partial charge in [-0.1, -0.05) is 43.7 Å². The van der Waals surface area contributed by atoms with Crippen molar-refractivity contribution in [1.82, 2.24) is 4.31 Å². The van der Waals surface area contributed by atoms with E-state index in [0.717, 1.165) is 15.6 Å². The molecule has 0 spiro atoms. The van der Waals surface area contributed by atoms with Crippen LogP contribution in [-0.2, 0) is 14.8 Å². The second-order valence-electron chi connectivity index (χ2n) is 12.0. The summed E-state index contributed by atoms with van der Waals surface area (Å²) in [6, 6.07) is 15.6. The standard InChI is InChI=1S/C28H39NO4S2/c1-19-10-14-21(15-11-19)34-18-23-24(28(23,8)9)20-12-16-22(17-13-20)35(31,32)29(26(2,3)4)25(30)33-27(5,6)7/h10-17,23-24H,18H2,1-9H3/t23-,24-/m0/s1. The minimum atomic E-state index is -4.09. The fraction of sp³-hybridized carbons (Fsp3) is 0.536. The lowest BCUT2D eigenvalue weighted by molar-refractivity contribution is 0.0282. The number of carbonyl (C=O) groups is 1. The summed E-state index contributed by atoms with van der Waals surface area (Å²) in [5.74, 6) is 1.88. The van der Waals surface area contributed by atoms with Crippen molar-refractivity contribution in [3.05, 3.63) is 59.7 Å². The summed E-state index contributed by atoms with van der Waals surface area (Å²) in [4.78, 5) is 14.2. The molecule has 1 aliphatic carbocycles. The van der Waals surface area contributed by atoms with Crippen LogP contribution in [0.2, 0.25) is 0 Å². The first-order valence-corrected chi connectivity index (χ1v) is 14.4. The molecule has 2 aromatic rings. The zero-order valence-corrected chi connectivity index (χ0v) is 24.0. The molecule has 0 saturated heterocycles. The Labute approximate surface area is 215 Å². The summed E-state index contributed by atoms with van der Waals surface area (Å²) in [6.07, 6.45) is -0.870. The summed E-state index contributed by atoms with van der Waals surface area (Å²) < 4.78 is 33.3. The van der Waals surface area contributed by atoms with E-state index < -0.39 is 27.3 Å². The van der Waals surface area contributed by atoms with Gasteiger partial charge in [-0.3, -0.25) is 0 Å². The van der Waals surface area contributed by atoms with Gasteiger partial charge in [0.1, 0.15) is 5.60 Å². The molecule has 1 fully saturated rings. The number of amides is 1. The van der Waals surface area contributed by atoms with Gasteiger partial charge in [0.15, 0.2) is 0 Å². The Morgan fingerprint density at radius 3 is 2.00 bits per heavy atom. The first kappa shape index (κ1) is 27.6. The quantitative estimate of drug-likeness (QED) is 0.378. The van der Waals surface area contributed by atoms with Gasteiger partial charge < -0.3 is 4.74 Å². The fourth-order valence-electron chi connectivity index (χ4n) is 4.53. The Kier molecular flexibility index (Phi) is 7.47. The number of hydrogen-bond donors (Lipinski definition) is 0. The van der Waals surface area contributed by atoms with Gasteiger partial charge in [-0.25, -0.2) is 13.2 Å². The van der Waals surface area contributed by atoms with E-state index in [4.69, 9.17) is 4.74 Å². The molecule has 192 valence electrons. The van der Waals surface area contributed by atoms with Gasteiger partial charge in [0, 0.05) is 10.6 Å². The van der Waals surface area contributed by atoms with Crippen molar-refractivity contribution in [1.29, 1.82) is 0 Å². The number of hydrogen-bond acceptors (Lipinski definition) is 5. The highest BCUT2D eigenvalue weighted by Crippen LogP contribution is 2.65. The van der Waals surface area contributed by atoms with Crippen LogP contribution >= 0.6 is 11.8 Å². The number of aryl methyl sites for hydroxylation is 1. The molecule has 1 amide bonds. The average Bonchev–Trinajstić information content (AvgIpc) is 3.25. The molecule has 0 heterocycles. The molecule has 2 aromatic carbocycles. The Hall–Kier alpha value is -1.99. The second-order valence-corrected chi connectivity index (χ2v) is 14.9. The predicted octanol–water partition coefficient (Wildman–Crippen LogP) is 7.25. The zero-order valence-electron chi connectivity index (χ0n) is 22.4. The van der Waals surface area contributed by atoms with Gasteiger partial charge in [-0.15, -0.1) is 11.8 Å². The fourth-order valence-corrected chi connectivity index (χ4v) is 7.49. The van der Waals surface area contributed by atoms with Crippen LogP contribution in [0, 0.1) is 18.3 Å². The molecule has 0 aliphatic heterocycles. The molecule has 35 heavy (non-hydrogen) atoms. The number of thioether (sulfide) groups is 1. The van der Waals surface area contributed by atoms with E-state index in [0.29, 0.717) is 11.8 Å². The normalized spacial score (nSPS) is 19.8. The van der Waals surface area contributed by atoms with Gasteiger partial charge in [0.05, 0.1) is 10.4 Å². The molecule has 5 nitrogen and oxygen atoms in total. The smallest absolute Gasteiger partial charge is 0.424 e. The molecule has 1 aliphatic rings. The maximum atomic E-state index is 13.5. The van der Waals surface area contributed by atoms with Crippen LogP contribution in [-0.4, -0.2) is 35.7 Å². The molecule has 0 aromatic heterocycles. The number of benzene rings is 2. The van der Waals surface area contributed by atoms with Crippen molar-refractivity contribution in [3.8, 4) is 0 Å². The summed E-state index contributed by atoms with van der Waals surface area (Å²) in [6.45, 7) is 16.9. The van der Waals surface area contributed by atoms with Crippen molar-refractivity contribution in [3.63, 3.8) is 0 Å². The lowest BCUT2D eigenvalue weighted by atomic mass is 10.0. The zero-order chi connectivity index (χ0) is 26.4. The Bertz CT molecular complexity index is 1160. The molecule has 1 saturated carbocycles. The van der Waals surface area contributed by atoms with E-state index in [2.05, 4.69) is 45.0 Å². The van der Waals surface area contributed by atoms with E-state index in [1.807, 2.05) is 23.9 Å². The van der Waals surface area contributed by atoms with Crippen molar-refractivity contribution >= 4 is 27.9 Å². The SMILES string of the molecule is Cc1ccc(SC[C@H]2[C@H](c3ccc(S(=O)(=O)N(C(=O)OC(C)(C)C)C(C)(C)C)cc3)C2(C)C)cc1. The highest BCUT2D eigenvalue weighted by atomic mass is 32.2. The van der Waals surface area contributed by atoms with Crippen LogP contribution in [0.25, 0.3) is 0 Å². The van der Waals surface area contributed by atoms with Crippen LogP contribution in [0.15, 0.2) is 58.3 Å². The van der Waals surface area contributed by atoms with Crippen molar-refractivity contribution in [2.45, 2.75) is 89.2 Å². The lowest BCUT2D eigenvalue weighted by Crippen LogP contribution is -2.51. The summed E-state index contributed by atoms with van der Waals surface area (Å²) in [5, 5.41) is 0. The molecule has 2 atom stereocenters. The second kappa shape index (κ2) is 9.47. The number of nitrogens with zero attached hydrogens (tertiary/aromatic N) is 1. The highest BCUT2D eigenvalue weighted by Gasteiger charge is 2.57. The number of sulfonamides is 1. The van der Waals surface area contributed by atoms with Gasteiger partial charge in [-0.05, 0) is 95.5 Å². The van der Waals surface area contributed by atoms with E-state index >= 15 is 0 Å². The van der Waals surface area contributed by atoms with E-state index in [1.165, 1.54) is 10.5 Å². The number of rotatable bonds is 6. The van der Waals surface area contributed by atoms with Crippen molar-refractivity contribution < 1.29 is 17.9 Å². The summed E-state index contributed by atoms with van der Waals surface area (Å²) >= 11 is 1.87. The molecular formula is C28H39NO4S2. The van der Waals surface area contributed by atoms with Gasteiger partial charge in [0.2, 0.25) is 0 Å². The van der Waals surface area contributed by atoms with Gasteiger partial charge in [0.25, 0.3) is 10.0 Å². The summed E-state index contributed by atoms with van der Waals surface area (Å²) in [7, 11) is -4.09. The molecule has 0 N–H and O–H groups in total. The third-order valence-corrected chi connectivity index (χ3v) is 9.62. The monoisotopic (exact) mass is 517 g/mol. The minimum Gasteiger partial charge on any atom is -0.443 e. The van der Waals surface area contributed by atoms with Gasteiger partial charge in [-0.2, -0.15) is 4.31 Å². The average molecular weight is 518 g/mol. The third-order valence-electron chi connectivity index (χ3n) is 6.45. The molecular weight excluding hydrogens is 478 g/mol. The Morgan fingerprint density at radius 2 is 1.51 bits per heavy atom. The van der Waals surface area contributed by atoms with Crippen LogP contribution in [0.4, 0.5) is 4.79 Å². The van der Waals surface area contributed by atoms with Crippen LogP contribution in [0.5, 0.6) is 0 Å². The minimum absolute atomic E-state index is 0.0890. The molecule has 0 bridgehead atoms. The van der Waals surface area contributed by atoms with Crippen LogP contribution in [0.1, 0.15) is 72.4 Å². The first-order chi connectivity index (χ1) is 15.9.